The van der Waals surface area contributed by atoms with Gasteiger partial charge < -0.3 is 14.8 Å². The minimum Gasteiger partial charge on any atom is -0.497 e. The van der Waals surface area contributed by atoms with Gasteiger partial charge in [0.25, 0.3) is 5.91 Å². The maximum atomic E-state index is 12.3. The maximum Gasteiger partial charge on any atom is 0.262 e. The number of hydrogen-bond donors (Lipinski definition) is 3. The van der Waals surface area contributed by atoms with Crippen LogP contribution >= 0.6 is 35.4 Å². The zero-order chi connectivity index (χ0) is 25.5. The monoisotopic (exact) mass is 543 g/mol. The van der Waals surface area contributed by atoms with Crippen LogP contribution in [0, 0.1) is 0 Å². The van der Waals surface area contributed by atoms with Gasteiger partial charge in [0, 0.05) is 10.7 Å². The predicted octanol–water partition coefficient (Wildman–Crippen LogP) is 4.47. The summed E-state index contributed by atoms with van der Waals surface area (Å²) in [5, 5.41) is 16.3. The van der Waals surface area contributed by atoms with Gasteiger partial charge in [0.05, 0.1) is 17.7 Å². The number of carbonyl (C=O) groups excluding carboxylic acids is 1. The van der Waals surface area contributed by atoms with Crippen molar-refractivity contribution in [2.45, 2.75) is 6.54 Å². The maximum absolute atomic E-state index is 12.3. The van der Waals surface area contributed by atoms with Crippen molar-refractivity contribution in [3.8, 4) is 28.6 Å². The molecular weight excluding hydrogens is 525 g/mol. The molecule has 3 N–H and O–H groups in total. The normalized spacial score (nSPS) is 10.4. The fourth-order valence-electron chi connectivity index (χ4n) is 2.97. The van der Waals surface area contributed by atoms with Crippen molar-refractivity contribution >= 4 is 52.1 Å². The molecule has 0 aliphatic rings. The van der Waals surface area contributed by atoms with Crippen molar-refractivity contribution in [3.63, 3.8) is 0 Å². The van der Waals surface area contributed by atoms with E-state index in [0.29, 0.717) is 27.1 Å². The number of hydrazine groups is 1. The van der Waals surface area contributed by atoms with Gasteiger partial charge in [0.2, 0.25) is 5.82 Å². The number of hydrogen-bond acceptors (Lipinski definition) is 7. The average Bonchev–Trinajstić information content (AvgIpc) is 3.33. The summed E-state index contributed by atoms with van der Waals surface area (Å²) in [7, 11) is 1.58. The number of halogens is 2. The number of amides is 1. The van der Waals surface area contributed by atoms with Crippen LogP contribution in [0.2, 0.25) is 10.0 Å². The molecule has 4 aromatic rings. The molecule has 36 heavy (non-hydrogen) atoms. The Morgan fingerprint density at radius 3 is 2.56 bits per heavy atom. The average molecular weight is 544 g/mol. The van der Waals surface area contributed by atoms with Gasteiger partial charge in [-0.1, -0.05) is 35.3 Å². The third-order valence-electron chi connectivity index (χ3n) is 4.64. The van der Waals surface area contributed by atoms with Gasteiger partial charge >= 0.3 is 0 Å². The Morgan fingerprint density at radius 1 is 1.03 bits per heavy atom. The van der Waals surface area contributed by atoms with Gasteiger partial charge in [0.15, 0.2) is 5.11 Å². The molecule has 0 saturated heterocycles. The molecule has 3 aromatic carbocycles. The number of nitrogens with zero attached hydrogens (tertiary/aromatic N) is 4. The van der Waals surface area contributed by atoms with Crippen LogP contribution < -0.4 is 25.6 Å². The number of benzene rings is 3. The molecular formula is C23H19Cl2N7O3S. The van der Waals surface area contributed by atoms with Crippen LogP contribution in [0.3, 0.4) is 0 Å². The first kappa shape index (κ1) is 25.2. The fourth-order valence-corrected chi connectivity index (χ4v) is 3.58. The van der Waals surface area contributed by atoms with Crippen molar-refractivity contribution in [3.05, 3.63) is 76.8 Å². The van der Waals surface area contributed by atoms with Gasteiger partial charge in [-0.2, -0.15) is 4.80 Å². The standard InChI is InChI=1S/C23H19Cl2N7O3S/c1-34-16-9-7-15(8-10-16)26-23(36)29-27-21(33)13-32-30-22(28-31-32)17-4-2-3-5-19(17)35-20-11-6-14(24)12-18(20)25/h2-12H,13H2,1H3,(H,27,33)(H2,26,29,36). The Morgan fingerprint density at radius 2 is 1.81 bits per heavy atom. The van der Waals surface area contributed by atoms with E-state index in [2.05, 4.69) is 31.6 Å². The molecule has 0 bridgehead atoms. The summed E-state index contributed by atoms with van der Waals surface area (Å²) < 4.78 is 11.1. The number of ether oxygens (including phenoxy) is 2. The molecule has 0 aliphatic carbocycles. The van der Waals surface area contributed by atoms with E-state index in [0.717, 1.165) is 16.2 Å². The minimum absolute atomic E-state index is 0.197. The Hall–Kier alpha value is -3.93. The van der Waals surface area contributed by atoms with Crippen molar-refractivity contribution in [2.75, 3.05) is 12.4 Å². The predicted molar refractivity (Wildman–Crippen MR) is 140 cm³/mol. The summed E-state index contributed by atoms with van der Waals surface area (Å²) in [6, 6.07) is 19.2. The molecule has 13 heteroatoms. The first-order valence-corrected chi connectivity index (χ1v) is 11.6. The topological polar surface area (TPSA) is 115 Å². The molecule has 1 amide bonds. The van der Waals surface area contributed by atoms with Crippen molar-refractivity contribution in [1.82, 2.24) is 31.1 Å². The SMILES string of the molecule is COc1ccc(NC(=S)NNC(=O)Cn2nnc(-c3ccccc3Oc3ccc(Cl)cc3Cl)n2)cc1. The summed E-state index contributed by atoms with van der Waals surface area (Å²) in [5.41, 5.74) is 6.40. The number of tetrazole rings is 1. The van der Waals surface area contributed by atoms with Gasteiger partial charge in [-0.25, -0.2) is 0 Å². The number of para-hydroxylation sites is 1. The van der Waals surface area contributed by atoms with Crippen molar-refractivity contribution < 1.29 is 14.3 Å². The van der Waals surface area contributed by atoms with Gasteiger partial charge in [-0.05, 0) is 72.0 Å². The van der Waals surface area contributed by atoms with E-state index in [1.807, 2.05) is 0 Å². The van der Waals surface area contributed by atoms with E-state index in [9.17, 15) is 4.79 Å². The first-order valence-electron chi connectivity index (χ1n) is 10.4. The van der Waals surface area contributed by atoms with E-state index >= 15 is 0 Å². The Balaban J connectivity index is 1.35. The highest BCUT2D eigenvalue weighted by Gasteiger charge is 2.15. The second kappa shape index (κ2) is 11.7. The molecule has 0 saturated carbocycles. The van der Waals surface area contributed by atoms with E-state index in [1.165, 1.54) is 0 Å². The second-order valence-electron chi connectivity index (χ2n) is 7.17. The Labute approximate surface area is 221 Å². The lowest BCUT2D eigenvalue weighted by atomic mass is 10.2. The van der Waals surface area contributed by atoms with Gasteiger partial charge in [-0.3, -0.25) is 15.6 Å². The summed E-state index contributed by atoms with van der Waals surface area (Å²) in [5.74, 6) is 1.44. The zero-order valence-corrected chi connectivity index (χ0v) is 21.1. The fraction of sp³-hybridized carbons (Fsp3) is 0.0870. The number of aromatic nitrogens is 4. The van der Waals surface area contributed by atoms with E-state index in [4.69, 9.17) is 44.9 Å². The summed E-state index contributed by atoms with van der Waals surface area (Å²) in [4.78, 5) is 13.5. The molecule has 0 spiro atoms. The van der Waals surface area contributed by atoms with E-state index < -0.39 is 5.91 Å². The van der Waals surface area contributed by atoms with Crippen LogP contribution in [-0.2, 0) is 11.3 Å². The van der Waals surface area contributed by atoms with Gasteiger partial charge in [0.1, 0.15) is 23.8 Å². The van der Waals surface area contributed by atoms with Crippen molar-refractivity contribution in [1.29, 1.82) is 0 Å². The molecule has 184 valence electrons. The highest BCUT2D eigenvalue weighted by Crippen LogP contribution is 2.35. The minimum atomic E-state index is -0.435. The van der Waals surface area contributed by atoms with Crippen LogP contribution in [-0.4, -0.2) is 38.3 Å². The molecule has 0 aliphatic heterocycles. The molecule has 0 unspecified atom stereocenters. The van der Waals surface area contributed by atoms with Crippen LogP contribution in [0.1, 0.15) is 0 Å². The lowest BCUT2D eigenvalue weighted by Gasteiger charge is -2.11. The number of nitrogens with one attached hydrogen (secondary N) is 3. The lowest BCUT2D eigenvalue weighted by Crippen LogP contribution is -2.45. The van der Waals surface area contributed by atoms with E-state index in [1.54, 1.807) is 73.8 Å². The number of rotatable bonds is 7. The number of anilines is 1. The third kappa shape index (κ3) is 6.60. The largest absolute Gasteiger partial charge is 0.497 e. The molecule has 10 nitrogen and oxygen atoms in total. The number of thiocarbonyl (C=S) groups is 1. The Bertz CT molecular complexity index is 1380. The van der Waals surface area contributed by atoms with E-state index in [-0.39, 0.29) is 17.5 Å². The van der Waals surface area contributed by atoms with Crippen LogP contribution in [0.4, 0.5) is 5.69 Å². The molecule has 0 radical (unpaired) electrons. The lowest BCUT2D eigenvalue weighted by molar-refractivity contribution is -0.122. The van der Waals surface area contributed by atoms with Crippen LogP contribution in [0.15, 0.2) is 66.7 Å². The molecule has 1 aromatic heterocycles. The number of carbonyl (C=O) groups is 1. The third-order valence-corrected chi connectivity index (χ3v) is 5.38. The quantitative estimate of drug-likeness (QED) is 0.229. The molecule has 1 heterocycles. The molecule has 4 rings (SSSR count). The van der Waals surface area contributed by atoms with Crippen LogP contribution in [0.25, 0.3) is 11.4 Å². The Kier molecular flexibility index (Phi) is 8.16. The van der Waals surface area contributed by atoms with Gasteiger partial charge in [-0.15, -0.1) is 10.2 Å². The summed E-state index contributed by atoms with van der Waals surface area (Å²) >= 11 is 17.4. The van der Waals surface area contributed by atoms with Crippen molar-refractivity contribution in [2.24, 2.45) is 0 Å². The first-order chi connectivity index (χ1) is 17.4. The highest BCUT2D eigenvalue weighted by molar-refractivity contribution is 7.80. The molecule has 0 fully saturated rings. The molecule has 0 atom stereocenters. The summed E-state index contributed by atoms with van der Waals surface area (Å²) in [6.07, 6.45) is 0. The highest BCUT2D eigenvalue weighted by atomic mass is 35.5. The number of methoxy groups -OCH3 is 1. The second-order valence-corrected chi connectivity index (χ2v) is 8.42. The summed E-state index contributed by atoms with van der Waals surface area (Å²) in [6.45, 7) is -0.197. The zero-order valence-electron chi connectivity index (χ0n) is 18.7. The smallest absolute Gasteiger partial charge is 0.262 e. The van der Waals surface area contributed by atoms with Crippen LogP contribution in [0.5, 0.6) is 17.2 Å².